The molecule has 2 amide bonds. The molecule has 3 aromatic carbocycles. The third-order valence-electron chi connectivity index (χ3n) is 8.32. The van der Waals surface area contributed by atoms with Gasteiger partial charge in [-0.05, 0) is 62.9 Å². The Labute approximate surface area is 267 Å². The van der Waals surface area contributed by atoms with E-state index in [1.807, 2.05) is 45.0 Å². The van der Waals surface area contributed by atoms with Gasteiger partial charge in [-0.2, -0.15) is 0 Å². The van der Waals surface area contributed by atoms with Gasteiger partial charge < -0.3 is 19.7 Å². The molecule has 4 rings (SSSR count). The van der Waals surface area contributed by atoms with Crippen molar-refractivity contribution in [2.45, 2.75) is 82.8 Å². The summed E-state index contributed by atoms with van der Waals surface area (Å²) in [6.07, 6.45) is 5.49. The zero-order valence-electron chi connectivity index (χ0n) is 26.9. The van der Waals surface area contributed by atoms with Crippen LogP contribution in [0.25, 0.3) is 0 Å². The minimum absolute atomic E-state index is 0.0548. The third-order valence-corrected chi connectivity index (χ3v) is 10.1. The molecule has 1 aliphatic rings. The van der Waals surface area contributed by atoms with Crippen molar-refractivity contribution in [3.63, 3.8) is 0 Å². The molecular weight excluding hydrogens is 590 g/mol. The van der Waals surface area contributed by atoms with E-state index in [1.54, 1.807) is 24.3 Å². The number of methoxy groups -OCH3 is 2. The number of carbonyl (C=O) groups excluding carboxylic acids is 2. The number of nitrogens with one attached hydrogen (secondary N) is 1. The molecule has 1 N–H and O–H groups in total. The molecule has 1 atom stereocenters. The molecule has 10 heteroatoms. The molecule has 242 valence electrons. The first-order valence-corrected chi connectivity index (χ1v) is 17.0. The molecule has 1 aliphatic carbocycles. The Morgan fingerprint density at radius 2 is 1.58 bits per heavy atom. The Morgan fingerprint density at radius 3 is 2.20 bits per heavy atom. The van der Waals surface area contributed by atoms with Gasteiger partial charge in [-0.1, -0.05) is 73.7 Å². The number of amides is 2. The van der Waals surface area contributed by atoms with E-state index in [0.29, 0.717) is 17.9 Å². The van der Waals surface area contributed by atoms with Gasteiger partial charge >= 0.3 is 0 Å². The molecule has 45 heavy (non-hydrogen) atoms. The standard InChI is InChI=1S/C35H45N3O6S/c1-6-31(35(40)36-28-13-8-7-9-14-28)37(23-27-12-10-11-26(3)21-27)34(39)24-38(29-17-15-25(2)16-18-29)45(41,42)30-19-20-32(43-4)33(22-30)44-5/h10-12,15-22,28,31H,6-9,13-14,23-24H2,1-5H3,(H,36,40). The Hall–Kier alpha value is -4.05. The van der Waals surface area contributed by atoms with Crippen LogP contribution in [0.4, 0.5) is 5.69 Å². The SMILES string of the molecule is CCC(C(=O)NC1CCCCC1)N(Cc1cccc(C)c1)C(=O)CN(c1ccc(C)cc1)S(=O)(=O)c1ccc(OC)c(OC)c1. The van der Waals surface area contributed by atoms with Gasteiger partial charge in [0.25, 0.3) is 10.0 Å². The number of benzene rings is 3. The molecule has 0 aliphatic heterocycles. The van der Waals surface area contributed by atoms with E-state index >= 15 is 0 Å². The van der Waals surface area contributed by atoms with Crippen LogP contribution in [-0.4, -0.2) is 58.0 Å². The highest BCUT2D eigenvalue weighted by atomic mass is 32.2. The van der Waals surface area contributed by atoms with Crippen molar-refractivity contribution in [2.75, 3.05) is 25.1 Å². The Morgan fingerprint density at radius 1 is 0.889 bits per heavy atom. The van der Waals surface area contributed by atoms with Crippen molar-refractivity contribution in [1.82, 2.24) is 10.2 Å². The highest BCUT2D eigenvalue weighted by Crippen LogP contribution is 2.32. The second-order valence-corrected chi connectivity index (χ2v) is 13.5. The largest absolute Gasteiger partial charge is 0.493 e. The van der Waals surface area contributed by atoms with Gasteiger partial charge in [0.1, 0.15) is 12.6 Å². The number of ether oxygens (including phenoxy) is 2. The molecule has 0 aromatic heterocycles. The lowest BCUT2D eigenvalue weighted by Crippen LogP contribution is -2.54. The molecule has 9 nitrogen and oxygen atoms in total. The van der Waals surface area contributed by atoms with E-state index < -0.39 is 28.5 Å². The van der Waals surface area contributed by atoms with Gasteiger partial charge in [0.2, 0.25) is 11.8 Å². The number of sulfonamides is 1. The van der Waals surface area contributed by atoms with Gasteiger partial charge in [-0.15, -0.1) is 0 Å². The van der Waals surface area contributed by atoms with Crippen LogP contribution >= 0.6 is 0 Å². The average molecular weight is 636 g/mol. The average Bonchev–Trinajstić information content (AvgIpc) is 3.04. The predicted molar refractivity (Wildman–Crippen MR) is 176 cm³/mol. The number of anilines is 1. The third kappa shape index (κ3) is 8.36. The minimum atomic E-state index is -4.26. The van der Waals surface area contributed by atoms with Crippen LogP contribution in [0.2, 0.25) is 0 Å². The topological polar surface area (TPSA) is 105 Å². The molecule has 3 aromatic rings. The van der Waals surface area contributed by atoms with Crippen molar-refractivity contribution < 1.29 is 27.5 Å². The molecule has 1 unspecified atom stereocenters. The second kappa shape index (κ2) is 15.3. The summed E-state index contributed by atoms with van der Waals surface area (Å²) in [6.45, 7) is 5.41. The number of rotatable bonds is 13. The number of carbonyl (C=O) groups is 2. The van der Waals surface area contributed by atoms with Gasteiger partial charge in [-0.25, -0.2) is 8.42 Å². The fourth-order valence-electron chi connectivity index (χ4n) is 5.81. The van der Waals surface area contributed by atoms with Crippen molar-refractivity contribution in [3.8, 4) is 11.5 Å². The monoisotopic (exact) mass is 635 g/mol. The van der Waals surface area contributed by atoms with Crippen LogP contribution in [0, 0.1) is 13.8 Å². The summed E-state index contributed by atoms with van der Waals surface area (Å²) < 4.78 is 40.3. The summed E-state index contributed by atoms with van der Waals surface area (Å²) in [5.41, 5.74) is 3.16. The highest BCUT2D eigenvalue weighted by Gasteiger charge is 2.35. The highest BCUT2D eigenvalue weighted by molar-refractivity contribution is 7.92. The van der Waals surface area contributed by atoms with Crippen molar-refractivity contribution >= 4 is 27.5 Å². The quantitative estimate of drug-likeness (QED) is 0.256. The van der Waals surface area contributed by atoms with Crippen LogP contribution in [-0.2, 0) is 26.2 Å². The van der Waals surface area contributed by atoms with Crippen molar-refractivity contribution in [2.24, 2.45) is 0 Å². The molecular formula is C35H45N3O6S. The maximum absolute atomic E-state index is 14.4. The molecule has 0 saturated heterocycles. The summed E-state index contributed by atoms with van der Waals surface area (Å²) in [5, 5.41) is 3.18. The lowest BCUT2D eigenvalue weighted by atomic mass is 9.95. The van der Waals surface area contributed by atoms with E-state index in [9.17, 15) is 18.0 Å². The van der Waals surface area contributed by atoms with Crippen molar-refractivity contribution in [3.05, 3.63) is 83.4 Å². The normalized spacial score (nSPS) is 14.3. The Balaban J connectivity index is 1.73. The van der Waals surface area contributed by atoms with E-state index in [2.05, 4.69) is 5.32 Å². The molecule has 0 radical (unpaired) electrons. The fourth-order valence-corrected chi connectivity index (χ4v) is 7.25. The predicted octanol–water partition coefficient (Wildman–Crippen LogP) is 5.77. The van der Waals surface area contributed by atoms with Crippen LogP contribution in [0.15, 0.2) is 71.6 Å². The molecule has 0 heterocycles. The first-order chi connectivity index (χ1) is 21.6. The maximum atomic E-state index is 14.4. The minimum Gasteiger partial charge on any atom is -0.493 e. The number of aryl methyl sites for hydroxylation is 2. The Kier molecular flexibility index (Phi) is 11.5. The molecule has 0 bridgehead atoms. The summed E-state index contributed by atoms with van der Waals surface area (Å²) in [7, 11) is -1.35. The van der Waals surface area contributed by atoms with E-state index in [0.717, 1.165) is 53.1 Å². The van der Waals surface area contributed by atoms with Gasteiger partial charge in [-0.3, -0.25) is 13.9 Å². The van der Waals surface area contributed by atoms with E-state index in [1.165, 1.54) is 37.3 Å². The van der Waals surface area contributed by atoms with Crippen LogP contribution in [0.5, 0.6) is 11.5 Å². The van der Waals surface area contributed by atoms with E-state index in [-0.39, 0.29) is 29.1 Å². The summed E-state index contributed by atoms with van der Waals surface area (Å²) >= 11 is 0. The fraction of sp³-hybridized carbons (Fsp3) is 0.429. The molecule has 1 fully saturated rings. The first kappa shape index (κ1) is 33.8. The zero-order valence-corrected chi connectivity index (χ0v) is 27.7. The number of nitrogens with zero attached hydrogens (tertiary/aromatic N) is 2. The van der Waals surface area contributed by atoms with Crippen LogP contribution in [0.3, 0.4) is 0 Å². The van der Waals surface area contributed by atoms with Gasteiger partial charge in [0, 0.05) is 18.7 Å². The summed E-state index contributed by atoms with van der Waals surface area (Å²) in [4.78, 5) is 29.6. The molecule has 1 saturated carbocycles. The van der Waals surface area contributed by atoms with Crippen LogP contribution < -0.4 is 19.1 Å². The lowest BCUT2D eigenvalue weighted by Gasteiger charge is -2.34. The summed E-state index contributed by atoms with van der Waals surface area (Å²) in [6, 6.07) is 18.4. The lowest BCUT2D eigenvalue weighted by molar-refractivity contribution is -0.140. The first-order valence-electron chi connectivity index (χ1n) is 15.5. The zero-order chi connectivity index (χ0) is 32.6. The van der Waals surface area contributed by atoms with Crippen LogP contribution in [0.1, 0.15) is 62.1 Å². The van der Waals surface area contributed by atoms with Gasteiger partial charge in [0.15, 0.2) is 11.5 Å². The van der Waals surface area contributed by atoms with Crippen molar-refractivity contribution in [1.29, 1.82) is 0 Å². The Bertz CT molecular complexity index is 1570. The summed E-state index contributed by atoms with van der Waals surface area (Å²) in [5.74, 6) is -0.0596. The number of hydrogen-bond donors (Lipinski definition) is 1. The smallest absolute Gasteiger partial charge is 0.264 e. The second-order valence-electron chi connectivity index (χ2n) is 11.6. The van der Waals surface area contributed by atoms with Gasteiger partial charge in [0.05, 0.1) is 24.8 Å². The molecule has 0 spiro atoms. The maximum Gasteiger partial charge on any atom is 0.264 e. The van der Waals surface area contributed by atoms with E-state index in [4.69, 9.17) is 9.47 Å². The number of hydrogen-bond acceptors (Lipinski definition) is 6.